The Morgan fingerprint density at radius 3 is 2.48 bits per heavy atom. The van der Waals surface area contributed by atoms with Crippen molar-refractivity contribution in [2.24, 2.45) is 0 Å². The molecule has 0 aromatic heterocycles. The van der Waals surface area contributed by atoms with E-state index in [1.54, 1.807) is 0 Å². The van der Waals surface area contributed by atoms with Gasteiger partial charge in [-0.25, -0.2) is 12.8 Å². The number of anilines is 1. The van der Waals surface area contributed by atoms with E-state index < -0.39 is 33.3 Å². The molecule has 0 aliphatic carbocycles. The molecule has 25 heavy (non-hydrogen) atoms. The summed E-state index contributed by atoms with van der Waals surface area (Å²) in [7, 11) is -3.19. The van der Waals surface area contributed by atoms with Gasteiger partial charge in [0.05, 0.1) is 22.7 Å². The van der Waals surface area contributed by atoms with Crippen LogP contribution in [0.25, 0.3) is 0 Å². The molecular formula is C15H12Cl2FNO5S. The van der Waals surface area contributed by atoms with Crippen molar-refractivity contribution >= 4 is 44.9 Å². The van der Waals surface area contributed by atoms with Gasteiger partial charge in [-0.1, -0.05) is 23.2 Å². The van der Waals surface area contributed by atoms with Gasteiger partial charge in [-0.3, -0.25) is 9.10 Å². The number of sulfonamides is 1. The normalized spacial score (nSPS) is 11.2. The van der Waals surface area contributed by atoms with Crippen LogP contribution < -0.4 is 9.04 Å². The molecule has 0 radical (unpaired) electrons. The lowest BCUT2D eigenvalue weighted by Gasteiger charge is -2.24. The molecule has 0 aliphatic heterocycles. The van der Waals surface area contributed by atoms with Gasteiger partial charge in [0, 0.05) is 5.02 Å². The first-order valence-electron chi connectivity index (χ1n) is 6.70. The standard InChI is InChI=1S/C15H12Cl2FNO5S/c1-24-14-5-3-10(7-12(14)18)25(22,23)19(8-15(20)21)13-6-9(16)2-4-11(13)17/h2-7H,8H2,1H3,(H,20,21). The summed E-state index contributed by atoms with van der Waals surface area (Å²) in [6.45, 7) is -0.921. The van der Waals surface area contributed by atoms with Crippen LogP contribution >= 0.6 is 23.2 Å². The SMILES string of the molecule is COc1ccc(S(=O)(=O)N(CC(=O)O)c2cc(Cl)ccc2Cl)cc1F. The highest BCUT2D eigenvalue weighted by atomic mass is 35.5. The number of halogens is 3. The van der Waals surface area contributed by atoms with Crippen molar-refractivity contribution in [3.8, 4) is 5.75 Å². The molecule has 0 spiro atoms. The van der Waals surface area contributed by atoms with E-state index in [4.69, 9.17) is 33.0 Å². The van der Waals surface area contributed by atoms with Crippen molar-refractivity contribution in [2.45, 2.75) is 4.90 Å². The van der Waals surface area contributed by atoms with Crippen molar-refractivity contribution in [2.75, 3.05) is 18.0 Å². The zero-order valence-electron chi connectivity index (χ0n) is 12.7. The van der Waals surface area contributed by atoms with Crippen LogP contribution in [-0.2, 0) is 14.8 Å². The summed E-state index contributed by atoms with van der Waals surface area (Å²) in [6, 6.07) is 6.93. The van der Waals surface area contributed by atoms with Crippen LogP contribution in [0, 0.1) is 5.82 Å². The van der Waals surface area contributed by atoms with Gasteiger partial charge in [-0.05, 0) is 36.4 Å². The molecule has 0 heterocycles. The summed E-state index contributed by atoms with van der Waals surface area (Å²) in [4.78, 5) is 10.7. The van der Waals surface area contributed by atoms with Crippen molar-refractivity contribution in [3.05, 3.63) is 52.3 Å². The monoisotopic (exact) mass is 407 g/mol. The second-order valence-electron chi connectivity index (χ2n) is 4.80. The minimum Gasteiger partial charge on any atom is -0.494 e. The van der Waals surface area contributed by atoms with E-state index in [2.05, 4.69) is 0 Å². The van der Waals surface area contributed by atoms with Crippen molar-refractivity contribution < 1.29 is 27.4 Å². The first kappa shape index (κ1) is 19.3. The third-order valence-electron chi connectivity index (χ3n) is 3.17. The molecule has 10 heteroatoms. The molecule has 0 saturated carbocycles. The summed E-state index contributed by atoms with van der Waals surface area (Å²) in [5.41, 5.74) is -0.132. The van der Waals surface area contributed by atoms with E-state index in [1.807, 2.05) is 0 Å². The van der Waals surface area contributed by atoms with E-state index in [0.717, 1.165) is 18.2 Å². The number of carboxylic acids is 1. The molecule has 0 unspecified atom stereocenters. The van der Waals surface area contributed by atoms with Crippen LogP contribution in [0.15, 0.2) is 41.3 Å². The maximum Gasteiger partial charge on any atom is 0.324 e. The largest absolute Gasteiger partial charge is 0.494 e. The molecule has 0 bridgehead atoms. The van der Waals surface area contributed by atoms with Crippen LogP contribution in [0.3, 0.4) is 0 Å². The van der Waals surface area contributed by atoms with Crippen molar-refractivity contribution in [3.63, 3.8) is 0 Å². The van der Waals surface area contributed by atoms with Gasteiger partial charge in [0.1, 0.15) is 6.54 Å². The lowest BCUT2D eigenvalue weighted by atomic mass is 10.3. The molecule has 0 aliphatic rings. The average molecular weight is 408 g/mol. The first-order valence-corrected chi connectivity index (χ1v) is 8.89. The average Bonchev–Trinajstić information content (AvgIpc) is 2.54. The smallest absolute Gasteiger partial charge is 0.324 e. The summed E-state index contributed by atoms with van der Waals surface area (Å²) < 4.78 is 44.8. The topological polar surface area (TPSA) is 83.9 Å². The van der Waals surface area contributed by atoms with Crippen LogP contribution in [-0.4, -0.2) is 33.1 Å². The summed E-state index contributed by atoms with van der Waals surface area (Å²) in [5.74, 6) is -2.48. The molecule has 0 amide bonds. The van der Waals surface area contributed by atoms with Gasteiger partial charge >= 0.3 is 5.97 Å². The Balaban J connectivity index is 2.62. The highest BCUT2D eigenvalue weighted by Crippen LogP contribution is 2.33. The fraction of sp³-hybridized carbons (Fsp3) is 0.133. The first-order chi connectivity index (χ1) is 11.7. The molecule has 6 nitrogen and oxygen atoms in total. The molecule has 134 valence electrons. The Morgan fingerprint density at radius 1 is 1.24 bits per heavy atom. The van der Waals surface area contributed by atoms with Gasteiger partial charge in [-0.15, -0.1) is 0 Å². The lowest BCUT2D eigenvalue weighted by Crippen LogP contribution is -2.36. The summed E-state index contributed by atoms with van der Waals surface area (Å²) >= 11 is 11.8. The Bertz CT molecular complexity index is 920. The maximum absolute atomic E-state index is 13.9. The van der Waals surface area contributed by atoms with Crippen molar-refractivity contribution in [1.29, 1.82) is 0 Å². The van der Waals surface area contributed by atoms with Gasteiger partial charge < -0.3 is 9.84 Å². The molecule has 2 aromatic rings. The van der Waals surface area contributed by atoms with Crippen LogP contribution in [0.2, 0.25) is 10.0 Å². The summed E-state index contributed by atoms with van der Waals surface area (Å²) in [5, 5.41) is 9.21. The third-order valence-corrected chi connectivity index (χ3v) is 5.48. The van der Waals surface area contributed by atoms with E-state index >= 15 is 0 Å². The van der Waals surface area contributed by atoms with E-state index in [-0.39, 0.29) is 21.5 Å². The predicted octanol–water partition coefficient (Wildman–Crippen LogP) is 3.42. The second kappa shape index (κ2) is 7.47. The van der Waals surface area contributed by atoms with E-state index in [0.29, 0.717) is 4.31 Å². The number of hydrogen-bond donors (Lipinski definition) is 1. The number of benzene rings is 2. The fourth-order valence-electron chi connectivity index (χ4n) is 2.03. The highest BCUT2D eigenvalue weighted by Gasteiger charge is 2.29. The maximum atomic E-state index is 13.9. The Kier molecular flexibility index (Phi) is 5.76. The molecule has 0 saturated heterocycles. The predicted molar refractivity (Wildman–Crippen MR) is 91.6 cm³/mol. The number of carbonyl (C=O) groups is 1. The molecule has 0 atom stereocenters. The number of nitrogens with zero attached hydrogens (tertiary/aromatic N) is 1. The molecule has 1 N–H and O–H groups in total. The fourth-order valence-corrected chi connectivity index (χ4v) is 3.91. The summed E-state index contributed by atoms with van der Waals surface area (Å²) in [6.07, 6.45) is 0. The van der Waals surface area contributed by atoms with Crippen molar-refractivity contribution in [1.82, 2.24) is 0 Å². The Labute approximate surface area is 153 Å². The highest BCUT2D eigenvalue weighted by molar-refractivity contribution is 7.92. The zero-order chi connectivity index (χ0) is 18.8. The van der Waals surface area contributed by atoms with Crippen LogP contribution in [0.4, 0.5) is 10.1 Å². The number of hydrogen-bond acceptors (Lipinski definition) is 4. The van der Waals surface area contributed by atoms with E-state index in [1.165, 1.54) is 25.3 Å². The van der Waals surface area contributed by atoms with Gasteiger partial charge in [0.25, 0.3) is 10.0 Å². The number of carboxylic acid groups (broad SMARTS) is 1. The lowest BCUT2D eigenvalue weighted by molar-refractivity contribution is -0.135. The Hall–Kier alpha value is -2.03. The van der Waals surface area contributed by atoms with Gasteiger partial charge in [0.2, 0.25) is 0 Å². The number of rotatable bonds is 6. The van der Waals surface area contributed by atoms with Gasteiger partial charge in [0.15, 0.2) is 11.6 Å². The second-order valence-corrected chi connectivity index (χ2v) is 7.50. The number of ether oxygens (including phenoxy) is 1. The number of aliphatic carboxylic acids is 1. The zero-order valence-corrected chi connectivity index (χ0v) is 15.1. The third kappa shape index (κ3) is 4.15. The minimum absolute atomic E-state index is 0.0248. The molecule has 0 fully saturated rings. The minimum atomic E-state index is -4.42. The van der Waals surface area contributed by atoms with Crippen LogP contribution in [0.5, 0.6) is 5.75 Å². The molecule has 2 rings (SSSR count). The van der Waals surface area contributed by atoms with Gasteiger partial charge in [-0.2, -0.15) is 0 Å². The molecule has 2 aromatic carbocycles. The molecular weight excluding hydrogens is 396 g/mol. The Morgan fingerprint density at radius 2 is 1.92 bits per heavy atom. The van der Waals surface area contributed by atoms with E-state index in [9.17, 15) is 17.6 Å². The number of methoxy groups -OCH3 is 1. The van der Waals surface area contributed by atoms with Crippen LogP contribution in [0.1, 0.15) is 0 Å². The quantitative estimate of drug-likeness (QED) is 0.792.